The largest absolute Gasteiger partial charge is 0.495 e. The molecule has 1 aliphatic rings. The average molecular weight is 402 g/mol. The molecule has 0 radical (unpaired) electrons. The third kappa shape index (κ3) is 3.18. The summed E-state index contributed by atoms with van der Waals surface area (Å²) < 4.78 is 21.5. The summed E-state index contributed by atoms with van der Waals surface area (Å²) in [6.45, 7) is 0.239. The summed E-state index contributed by atoms with van der Waals surface area (Å²) in [6.07, 6.45) is 0. The van der Waals surface area contributed by atoms with Gasteiger partial charge < -0.3 is 24.1 Å². The van der Waals surface area contributed by atoms with Crippen LogP contribution in [0.4, 0.5) is 16.3 Å². The highest BCUT2D eigenvalue weighted by Crippen LogP contribution is 2.40. The number of nitrogens with zero attached hydrogens (tertiary/aromatic N) is 1. The first kappa shape index (κ1) is 18.0. The predicted molar refractivity (Wildman–Crippen MR) is 103 cm³/mol. The Bertz CT molecular complexity index is 1050. The number of urea groups is 1. The number of anilines is 2. The van der Waals surface area contributed by atoms with Crippen molar-refractivity contribution in [1.82, 2.24) is 5.16 Å². The molecule has 0 spiro atoms. The molecule has 0 saturated carbocycles. The highest BCUT2D eigenvalue weighted by atomic mass is 35.5. The molecule has 9 heteroatoms. The number of benzene rings is 2. The number of amides is 2. The van der Waals surface area contributed by atoms with E-state index >= 15 is 0 Å². The molecule has 1 aliphatic heterocycles. The van der Waals surface area contributed by atoms with Crippen LogP contribution in [-0.4, -0.2) is 25.4 Å². The Morgan fingerprint density at radius 3 is 2.71 bits per heavy atom. The monoisotopic (exact) mass is 401 g/mol. The fourth-order valence-corrected chi connectivity index (χ4v) is 3.14. The van der Waals surface area contributed by atoms with Crippen molar-refractivity contribution in [2.75, 3.05) is 24.9 Å². The molecule has 0 aliphatic carbocycles. The zero-order valence-electron chi connectivity index (χ0n) is 15.0. The van der Waals surface area contributed by atoms with Crippen LogP contribution in [0, 0.1) is 0 Å². The van der Waals surface area contributed by atoms with Gasteiger partial charge in [-0.3, -0.25) is 5.32 Å². The van der Waals surface area contributed by atoms with E-state index in [0.29, 0.717) is 39.3 Å². The van der Waals surface area contributed by atoms with Crippen LogP contribution < -0.4 is 24.8 Å². The van der Waals surface area contributed by atoms with Gasteiger partial charge in [0.05, 0.1) is 36.1 Å². The van der Waals surface area contributed by atoms with Gasteiger partial charge in [0, 0.05) is 6.07 Å². The molecule has 3 aromatic rings. The van der Waals surface area contributed by atoms with Crippen LogP contribution in [0.1, 0.15) is 5.56 Å². The standard InChI is InChI=1S/C19H16ClN3O5/c1-25-15-8-16(26-2)13(7-12(15)20)21-19(24)22-18-11-9-27-14-6-4-3-5-10(14)17(11)28-23-18/h3-8H,9H2,1-2H3,(H2,21,22,23,24). The first-order chi connectivity index (χ1) is 13.6. The predicted octanol–water partition coefficient (Wildman–Crippen LogP) is 4.55. The average Bonchev–Trinajstić information content (AvgIpc) is 3.11. The molecule has 1 aromatic heterocycles. The summed E-state index contributed by atoms with van der Waals surface area (Å²) in [4.78, 5) is 12.5. The van der Waals surface area contributed by atoms with Crippen molar-refractivity contribution >= 4 is 29.1 Å². The molecule has 0 unspecified atom stereocenters. The van der Waals surface area contributed by atoms with Gasteiger partial charge >= 0.3 is 6.03 Å². The third-order valence-corrected chi connectivity index (χ3v) is 4.54. The van der Waals surface area contributed by atoms with E-state index in [4.69, 9.17) is 30.3 Å². The van der Waals surface area contributed by atoms with Gasteiger partial charge in [0.2, 0.25) is 0 Å². The summed E-state index contributed by atoms with van der Waals surface area (Å²) in [5, 5.41) is 9.64. The van der Waals surface area contributed by atoms with Gasteiger partial charge in [-0.2, -0.15) is 0 Å². The molecular weight excluding hydrogens is 386 g/mol. The van der Waals surface area contributed by atoms with E-state index < -0.39 is 6.03 Å². The van der Waals surface area contributed by atoms with Crippen LogP contribution in [0.5, 0.6) is 17.2 Å². The molecule has 144 valence electrons. The molecule has 8 nitrogen and oxygen atoms in total. The van der Waals surface area contributed by atoms with Crippen molar-refractivity contribution in [3.05, 3.63) is 47.0 Å². The first-order valence-corrected chi connectivity index (χ1v) is 8.68. The first-order valence-electron chi connectivity index (χ1n) is 8.31. The molecule has 0 saturated heterocycles. The van der Waals surface area contributed by atoms with Crippen molar-refractivity contribution in [2.45, 2.75) is 6.61 Å². The number of hydrogen-bond acceptors (Lipinski definition) is 6. The fourth-order valence-electron chi connectivity index (χ4n) is 2.90. The van der Waals surface area contributed by atoms with E-state index in [9.17, 15) is 4.79 Å². The third-order valence-electron chi connectivity index (χ3n) is 4.25. The minimum atomic E-state index is -0.533. The molecule has 2 heterocycles. The zero-order valence-corrected chi connectivity index (χ0v) is 15.8. The van der Waals surface area contributed by atoms with Gasteiger partial charge in [-0.25, -0.2) is 4.79 Å². The smallest absolute Gasteiger partial charge is 0.325 e. The fraction of sp³-hybridized carbons (Fsp3) is 0.158. The number of hydrogen-bond donors (Lipinski definition) is 2. The van der Waals surface area contributed by atoms with Crippen LogP contribution in [-0.2, 0) is 6.61 Å². The molecule has 2 amide bonds. The van der Waals surface area contributed by atoms with Crippen LogP contribution in [0.25, 0.3) is 11.3 Å². The van der Waals surface area contributed by atoms with Gasteiger partial charge in [0.15, 0.2) is 11.6 Å². The maximum Gasteiger partial charge on any atom is 0.325 e. The lowest BCUT2D eigenvalue weighted by Gasteiger charge is -2.16. The van der Waals surface area contributed by atoms with Gasteiger partial charge in [0.1, 0.15) is 23.9 Å². The number of halogens is 1. The molecule has 2 N–H and O–H groups in total. The van der Waals surface area contributed by atoms with Gasteiger partial charge in [-0.1, -0.05) is 28.9 Å². The summed E-state index contributed by atoms with van der Waals surface area (Å²) >= 11 is 6.13. The van der Waals surface area contributed by atoms with Crippen LogP contribution in [0.2, 0.25) is 5.02 Å². The lowest BCUT2D eigenvalue weighted by Crippen LogP contribution is -2.21. The Labute approximate surface area is 165 Å². The second kappa shape index (κ2) is 7.32. The van der Waals surface area contributed by atoms with Crippen LogP contribution in [0.15, 0.2) is 40.9 Å². The molecule has 4 rings (SSSR count). The molecule has 28 heavy (non-hydrogen) atoms. The van der Waals surface area contributed by atoms with E-state index in [1.165, 1.54) is 20.3 Å². The van der Waals surface area contributed by atoms with Gasteiger partial charge in [0.25, 0.3) is 0 Å². The SMILES string of the molecule is COc1cc(OC)c(NC(=O)Nc2noc3c2COc2ccccc2-3)cc1Cl. The topological polar surface area (TPSA) is 94.9 Å². The van der Waals surface area contributed by atoms with E-state index in [2.05, 4.69) is 15.8 Å². The van der Waals surface area contributed by atoms with Crippen molar-refractivity contribution in [3.8, 4) is 28.6 Å². The van der Waals surface area contributed by atoms with E-state index in [1.54, 1.807) is 6.07 Å². The number of fused-ring (bicyclic) bond motifs is 3. The molecular formula is C19H16ClN3O5. The molecule has 0 fully saturated rings. The van der Waals surface area contributed by atoms with Crippen LogP contribution in [0.3, 0.4) is 0 Å². The summed E-state index contributed by atoms with van der Waals surface area (Å²) in [5.41, 5.74) is 1.83. The van der Waals surface area contributed by atoms with Gasteiger partial charge in [-0.15, -0.1) is 0 Å². The number of carbonyl (C=O) groups is 1. The number of carbonyl (C=O) groups excluding carboxylic acids is 1. The molecule has 0 bridgehead atoms. The van der Waals surface area contributed by atoms with E-state index in [0.717, 1.165) is 5.56 Å². The number of nitrogens with one attached hydrogen (secondary N) is 2. The van der Waals surface area contributed by atoms with E-state index in [1.807, 2.05) is 24.3 Å². The maximum absolute atomic E-state index is 12.5. The minimum Gasteiger partial charge on any atom is -0.495 e. The second-order valence-electron chi connectivity index (χ2n) is 5.89. The van der Waals surface area contributed by atoms with Crippen LogP contribution >= 0.6 is 11.6 Å². The molecule has 2 aromatic carbocycles. The number of aromatic nitrogens is 1. The number of ether oxygens (including phenoxy) is 3. The number of rotatable bonds is 4. The second-order valence-corrected chi connectivity index (χ2v) is 6.30. The normalized spacial score (nSPS) is 11.7. The van der Waals surface area contributed by atoms with Gasteiger partial charge in [-0.05, 0) is 18.2 Å². The Hall–Kier alpha value is -3.39. The van der Waals surface area contributed by atoms with Crippen molar-refractivity contribution < 1.29 is 23.5 Å². The quantitative estimate of drug-likeness (QED) is 0.666. The maximum atomic E-state index is 12.5. The van der Waals surface area contributed by atoms with E-state index in [-0.39, 0.29) is 12.4 Å². The Morgan fingerprint density at radius 1 is 1.14 bits per heavy atom. The number of methoxy groups -OCH3 is 2. The highest BCUT2D eigenvalue weighted by molar-refractivity contribution is 6.32. The highest BCUT2D eigenvalue weighted by Gasteiger charge is 2.26. The zero-order chi connectivity index (χ0) is 19.7. The lowest BCUT2D eigenvalue weighted by atomic mass is 10.1. The number of para-hydroxylation sites is 1. The Kier molecular flexibility index (Phi) is 4.70. The van der Waals surface area contributed by atoms with Crippen molar-refractivity contribution in [3.63, 3.8) is 0 Å². The lowest BCUT2D eigenvalue weighted by molar-refractivity contribution is 0.261. The molecule has 0 atom stereocenters. The minimum absolute atomic E-state index is 0.239. The Balaban J connectivity index is 1.55. The summed E-state index contributed by atoms with van der Waals surface area (Å²) in [5.74, 6) is 2.39. The summed E-state index contributed by atoms with van der Waals surface area (Å²) in [6, 6.07) is 10.1. The Morgan fingerprint density at radius 2 is 1.93 bits per heavy atom. The van der Waals surface area contributed by atoms with Crippen molar-refractivity contribution in [1.29, 1.82) is 0 Å². The van der Waals surface area contributed by atoms with Crippen molar-refractivity contribution in [2.24, 2.45) is 0 Å². The summed E-state index contributed by atoms with van der Waals surface area (Å²) in [7, 11) is 2.98.